The molecule has 0 aliphatic heterocycles. The van der Waals surface area contributed by atoms with E-state index in [1.165, 1.54) is 0 Å². The van der Waals surface area contributed by atoms with Crippen molar-refractivity contribution in [3.63, 3.8) is 0 Å². The topological polar surface area (TPSA) is 55.2 Å². The van der Waals surface area contributed by atoms with Crippen LogP contribution in [0.4, 0.5) is 0 Å². The SMILES string of the molecule is Cc1ccc(S(=O)(=O)N(Cc2nccn2Cc2ccccc2Cl)CC2CC2)cc1. The van der Waals surface area contributed by atoms with E-state index in [1.54, 1.807) is 22.6 Å². The first-order valence-electron chi connectivity index (χ1n) is 9.74. The summed E-state index contributed by atoms with van der Waals surface area (Å²) in [7, 11) is -3.59. The number of aryl methyl sites for hydroxylation is 1. The predicted octanol–water partition coefficient (Wildman–Crippen LogP) is 4.49. The fourth-order valence-corrected chi connectivity index (χ4v) is 4.97. The summed E-state index contributed by atoms with van der Waals surface area (Å²) in [5, 5.41) is 0.689. The van der Waals surface area contributed by atoms with Gasteiger partial charge in [0.15, 0.2) is 0 Å². The largest absolute Gasteiger partial charge is 0.329 e. The quantitative estimate of drug-likeness (QED) is 0.530. The highest BCUT2D eigenvalue weighted by Crippen LogP contribution is 2.32. The third kappa shape index (κ3) is 4.71. The number of rotatable bonds is 8. The zero-order valence-corrected chi connectivity index (χ0v) is 17.9. The summed E-state index contributed by atoms with van der Waals surface area (Å²) in [5.74, 6) is 1.14. The van der Waals surface area contributed by atoms with Crippen LogP contribution in [0.25, 0.3) is 0 Å². The Morgan fingerprint density at radius 3 is 2.55 bits per heavy atom. The number of halogens is 1. The maximum atomic E-state index is 13.3. The number of benzene rings is 2. The number of aromatic nitrogens is 2. The highest BCUT2D eigenvalue weighted by Gasteiger charge is 2.32. The highest BCUT2D eigenvalue weighted by molar-refractivity contribution is 7.89. The maximum Gasteiger partial charge on any atom is 0.243 e. The fourth-order valence-electron chi connectivity index (χ4n) is 3.30. The van der Waals surface area contributed by atoms with Gasteiger partial charge in [-0.25, -0.2) is 13.4 Å². The maximum absolute atomic E-state index is 13.3. The molecule has 7 heteroatoms. The Morgan fingerprint density at radius 2 is 1.86 bits per heavy atom. The normalized spacial score (nSPS) is 14.4. The lowest BCUT2D eigenvalue weighted by Gasteiger charge is -2.22. The van der Waals surface area contributed by atoms with Gasteiger partial charge in [0, 0.05) is 24.0 Å². The van der Waals surface area contributed by atoms with Crippen LogP contribution in [0.3, 0.4) is 0 Å². The Morgan fingerprint density at radius 1 is 1.14 bits per heavy atom. The molecule has 1 aliphatic carbocycles. The molecule has 1 aliphatic rings. The van der Waals surface area contributed by atoms with Gasteiger partial charge in [-0.3, -0.25) is 0 Å². The Labute approximate surface area is 177 Å². The zero-order chi connectivity index (χ0) is 20.4. The van der Waals surface area contributed by atoms with E-state index in [2.05, 4.69) is 4.98 Å². The molecular weight excluding hydrogens is 406 g/mol. The monoisotopic (exact) mass is 429 g/mol. The van der Waals surface area contributed by atoms with Gasteiger partial charge >= 0.3 is 0 Å². The van der Waals surface area contributed by atoms with Crippen LogP contribution in [-0.4, -0.2) is 28.8 Å². The molecule has 1 aromatic heterocycles. The van der Waals surface area contributed by atoms with Crippen molar-refractivity contribution in [3.05, 3.63) is 82.9 Å². The van der Waals surface area contributed by atoms with E-state index in [0.717, 1.165) is 24.0 Å². The van der Waals surface area contributed by atoms with Crippen molar-refractivity contribution in [2.45, 2.75) is 37.8 Å². The first-order chi connectivity index (χ1) is 13.9. The molecule has 0 bridgehead atoms. The van der Waals surface area contributed by atoms with Crippen molar-refractivity contribution >= 4 is 21.6 Å². The third-order valence-corrected chi connectivity index (χ3v) is 7.43. The van der Waals surface area contributed by atoms with E-state index in [9.17, 15) is 8.42 Å². The Kier molecular flexibility index (Phi) is 5.76. The molecule has 1 fully saturated rings. The molecule has 0 atom stereocenters. The van der Waals surface area contributed by atoms with Crippen molar-refractivity contribution in [2.75, 3.05) is 6.54 Å². The predicted molar refractivity (Wildman–Crippen MR) is 114 cm³/mol. The Balaban J connectivity index is 1.60. The van der Waals surface area contributed by atoms with E-state index in [-0.39, 0.29) is 6.54 Å². The van der Waals surface area contributed by atoms with Gasteiger partial charge in [0.05, 0.1) is 18.0 Å². The van der Waals surface area contributed by atoms with E-state index in [1.807, 2.05) is 54.1 Å². The second-order valence-corrected chi connectivity index (χ2v) is 9.96. The van der Waals surface area contributed by atoms with E-state index in [0.29, 0.717) is 34.7 Å². The first-order valence-corrected chi connectivity index (χ1v) is 11.6. The average Bonchev–Trinajstić information content (AvgIpc) is 3.42. The van der Waals surface area contributed by atoms with E-state index in [4.69, 9.17) is 11.6 Å². The minimum Gasteiger partial charge on any atom is -0.329 e. The van der Waals surface area contributed by atoms with Crippen LogP contribution in [0.5, 0.6) is 0 Å². The molecule has 29 heavy (non-hydrogen) atoms. The van der Waals surface area contributed by atoms with Crippen LogP contribution in [0.15, 0.2) is 65.8 Å². The summed E-state index contributed by atoms with van der Waals surface area (Å²) in [6.45, 7) is 3.26. The lowest BCUT2D eigenvalue weighted by atomic mass is 10.2. The number of sulfonamides is 1. The van der Waals surface area contributed by atoms with Gasteiger partial charge in [-0.05, 0) is 49.4 Å². The van der Waals surface area contributed by atoms with Gasteiger partial charge in [0.2, 0.25) is 10.0 Å². The van der Waals surface area contributed by atoms with Crippen molar-refractivity contribution in [1.29, 1.82) is 0 Å². The van der Waals surface area contributed by atoms with Gasteiger partial charge in [-0.2, -0.15) is 4.31 Å². The molecule has 0 unspecified atom stereocenters. The molecule has 2 aromatic carbocycles. The smallest absolute Gasteiger partial charge is 0.243 e. The van der Waals surface area contributed by atoms with Crippen LogP contribution in [0.1, 0.15) is 29.8 Å². The molecule has 0 radical (unpaired) electrons. The lowest BCUT2D eigenvalue weighted by Crippen LogP contribution is -2.33. The summed E-state index contributed by atoms with van der Waals surface area (Å²) in [6.07, 6.45) is 5.73. The minimum absolute atomic E-state index is 0.240. The van der Waals surface area contributed by atoms with Crippen LogP contribution in [0.2, 0.25) is 5.02 Å². The molecule has 152 valence electrons. The molecule has 1 heterocycles. The first kappa shape index (κ1) is 20.1. The van der Waals surface area contributed by atoms with E-state index >= 15 is 0 Å². The van der Waals surface area contributed by atoms with Crippen molar-refractivity contribution < 1.29 is 8.42 Å². The molecule has 0 N–H and O–H groups in total. The average molecular weight is 430 g/mol. The van der Waals surface area contributed by atoms with Gasteiger partial charge in [0.1, 0.15) is 5.82 Å². The molecule has 1 saturated carbocycles. The summed E-state index contributed by atoms with van der Waals surface area (Å²) >= 11 is 6.30. The third-order valence-electron chi connectivity index (χ3n) is 5.24. The van der Waals surface area contributed by atoms with Crippen molar-refractivity contribution in [3.8, 4) is 0 Å². The number of hydrogen-bond donors (Lipinski definition) is 0. The molecule has 5 nitrogen and oxygen atoms in total. The second-order valence-electron chi connectivity index (χ2n) is 7.62. The molecule has 0 spiro atoms. The zero-order valence-electron chi connectivity index (χ0n) is 16.3. The van der Waals surface area contributed by atoms with Crippen LogP contribution in [0, 0.1) is 12.8 Å². The van der Waals surface area contributed by atoms with Crippen LogP contribution < -0.4 is 0 Å². The standard InChI is InChI=1S/C22H24ClN3O2S/c1-17-6-10-20(11-7-17)29(27,28)26(14-18-8-9-18)16-22-24-12-13-25(22)15-19-4-2-3-5-21(19)23/h2-7,10-13,18H,8-9,14-16H2,1H3. The van der Waals surface area contributed by atoms with Crippen LogP contribution >= 0.6 is 11.6 Å². The molecule has 0 amide bonds. The van der Waals surface area contributed by atoms with Gasteiger partial charge in [-0.1, -0.05) is 47.5 Å². The lowest BCUT2D eigenvalue weighted by molar-refractivity contribution is 0.377. The minimum atomic E-state index is -3.59. The number of nitrogens with zero attached hydrogens (tertiary/aromatic N) is 3. The summed E-state index contributed by atoms with van der Waals surface area (Å²) in [4.78, 5) is 4.77. The fraction of sp³-hybridized carbons (Fsp3) is 0.318. The highest BCUT2D eigenvalue weighted by atomic mass is 35.5. The Hall–Kier alpha value is -2.15. The summed E-state index contributed by atoms with van der Waals surface area (Å²) in [5.41, 5.74) is 2.01. The Bertz CT molecular complexity index is 1090. The van der Waals surface area contributed by atoms with Crippen molar-refractivity contribution in [2.24, 2.45) is 5.92 Å². The van der Waals surface area contributed by atoms with Gasteiger partial charge < -0.3 is 4.57 Å². The van der Waals surface area contributed by atoms with Gasteiger partial charge in [-0.15, -0.1) is 0 Å². The van der Waals surface area contributed by atoms with Gasteiger partial charge in [0.25, 0.3) is 0 Å². The van der Waals surface area contributed by atoms with Crippen LogP contribution in [-0.2, 0) is 23.1 Å². The van der Waals surface area contributed by atoms with E-state index < -0.39 is 10.0 Å². The number of imidazole rings is 1. The molecule has 3 aromatic rings. The molecule has 0 saturated heterocycles. The molecular formula is C22H24ClN3O2S. The number of hydrogen-bond acceptors (Lipinski definition) is 3. The summed E-state index contributed by atoms with van der Waals surface area (Å²) in [6, 6.07) is 14.7. The molecule has 4 rings (SSSR count). The van der Waals surface area contributed by atoms with Crippen molar-refractivity contribution in [1.82, 2.24) is 13.9 Å². The summed E-state index contributed by atoms with van der Waals surface area (Å²) < 4.78 is 30.2. The second kappa shape index (κ2) is 8.30.